The summed E-state index contributed by atoms with van der Waals surface area (Å²) in [4.78, 5) is 7.79. The topological polar surface area (TPSA) is 121 Å². The van der Waals surface area contributed by atoms with Crippen molar-refractivity contribution in [3.8, 4) is 11.3 Å². The average molecular weight is 336 g/mol. The van der Waals surface area contributed by atoms with Gasteiger partial charge in [0.15, 0.2) is 5.96 Å². The molecule has 0 fully saturated rings. The van der Waals surface area contributed by atoms with Crippen LogP contribution in [0.1, 0.15) is 0 Å². The van der Waals surface area contributed by atoms with Crippen LogP contribution in [-0.4, -0.2) is 21.7 Å². The number of benzene rings is 1. The smallest absolute Gasteiger partial charge is 0.223 e. The minimum Gasteiger partial charge on any atom is -0.370 e. The molecule has 1 aromatic carbocycles. The maximum atomic E-state index is 5.60. The molecule has 0 aliphatic heterocycles. The van der Waals surface area contributed by atoms with Crippen molar-refractivity contribution < 1.29 is 0 Å². The third-order valence-electron chi connectivity index (χ3n) is 2.39. The summed E-state index contributed by atoms with van der Waals surface area (Å²) in [6.45, 7) is 0. The molecule has 0 bridgehead atoms. The van der Waals surface area contributed by atoms with E-state index in [4.69, 9.17) is 17.2 Å². The van der Waals surface area contributed by atoms with E-state index in [1.165, 1.54) is 0 Å². The molecule has 8 heteroatoms. The highest BCUT2D eigenvalue weighted by atomic mass is 79.9. The minimum absolute atomic E-state index is 0.00207. The van der Waals surface area contributed by atoms with Gasteiger partial charge < -0.3 is 17.2 Å². The zero-order valence-electron chi connectivity index (χ0n) is 10.8. The molecule has 0 aliphatic carbocycles. The van der Waals surface area contributed by atoms with Crippen LogP contribution < -0.4 is 17.2 Å². The third-order valence-corrected chi connectivity index (χ3v) is 2.97. The highest BCUT2D eigenvalue weighted by Crippen LogP contribution is 2.28. The Morgan fingerprint density at radius 3 is 2.65 bits per heavy atom. The van der Waals surface area contributed by atoms with Crippen molar-refractivity contribution in [3.05, 3.63) is 34.9 Å². The standard InChI is InChI=1S/C12H14BrN7/c1-20-6-9(13)10(19-20)7-3-2-4-8(5-7)17-12(16)18-11(14)15/h2-6H,1H3,(H6,14,15,16,17,18). The van der Waals surface area contributed by atoms with E-state index >= 15 is 0 Å². The number of guanidine groups is 2. The van der Waals surface area contributed by atoms with E-state index in [1.807, 2.05) is 31.4 Å². The fourth-order valence-corrected chi connectivity index (χ4v) is 2.27. The molecular weight excluding hydrogens is 322 g/mol. The van der Waals surface area contributed by atoms with Crippen LogP contribution in [0.5, 0.6) is 0 Å². The SMILES string of the molecule is Cn1cc(Br)c(-c2cccc(N=C(N)N=C(N)N)c2)n1. The molecule has 0 saturated heterocycles. The Morgan fingerprint density at radius 1 is 1.30 bits per heavy atom. The number of aliphatic imine (C=N–C) groups is 2. The van der Waals surface area contributed by atoms with Gasteiger partial charge in [0.05, 0.1) is 10.2 Å². The molecule has 0 amide bonds. The normalized spacial score (nSPS) is 11.4. The lowest BCUT2D eigenvalue weighted by atomic mass is 10.1. The molecule has 7 nitrogen and oxygen atoms in total. The summed E-state index contributed by atoms with van der Waals surface area (Å²) in [7, 11) is 1.85. The quantitative estimate of drug-likeness (QED) is 0.561. The summed E-state index contributed by atoms with van der Waals surface area (Å²) in [5.74, 6) is -0.128. The summed E-state index contributed by atoms with van der Waals surface area (Å²) in [5.41, 5.74) is 18.5. The van der Waals surface area contributed by atoms with Gasteiger partial charge in [-0.2, -0.15) is 10.1 Å². The largest absolute Gasteiger partial charge is 0.370 e. The van der Waals surface area contributed by atoms with Crippen molar-refractivity contribution in [2.75, 3.05) is 0 Å². The van der Waals surface area contributed by atoms with Gasteiger partial charge in [0.2, 0.25) is 5.96 Å². The van der Waals surface area contributed by atoms with Crippen LogP contribution in [0, 0.1) is 0 Å². The van der Waals surface area contributed by atoms with Crippen molar-refractivity contribution in [2.24, 2.45) is 34.2 Å². The Hall–Kier alpha value is -2.35. The van der Waals surface area contributed by atoms with E-state index < -0.39 is 0 Å². The van der Waals surface area contributed by atoms with E-state index in [0.717, 1.165) is 15.7 Å². The molecule has 1 aromatic heterocycles. The predicted octanol–water partition coefficient (Wildman–Crippen LogP) is 1.07. The maximum absolute atomic E-state index is 5.60. The first-order valence-corrected chi connectivity index (χ1v) is 6.48. The number of aromatic nitrogens is 2. The number of hydrogen-bond donors (Lipinski definition) is 3. The van der Waals surface area contributed by atoms with Crippen LogP contribution in [0.25, 0.3) is 11.3 Å². The maximum Gasteiger partial charge on any atom is 0.223 e. The lowest BCUT2D eigenvalue weighted by Crippen LogP contribution is -2.26. The molecule has 0 unspecified atom stereocenters. The van der Waals surface area contributed by atoms with Crippen molar-refractivity contribution >= 4 is 33.5 Å². The summed E-state index contributed by atoms with van der Waals surface area (Å²) in [5, 5.41) is 4.37. The van der Waals surface area contributed by atoms with Crippen LogP contribution in [0.15, 0.2) is 44.9 Å². The molecule has 6 N–H and O–H groups in total. The predicted molar refractivity (Wildman–Crippen MR) is 83.4 cm³/mol. The van der Waals surface area contributed by atoms with Crippen LogP contribution in [-0.2, 0) is 7.05 Å². The summed E-state index contributed by atoms with van der Waals surface area (Å²) in [6.07, 6.45) is 1.87. The van der Waals surface area contributed by atoms with Gasteiger partial charge in [0.1, 0.15) is 5.69 Å². The van der Waals surface area contributed by atoms with E-state index in [1.54, 1.807) is 10.7 Å². The Kier molecular flexibility index (Phi) is 4.04. The number of hydrogen-bond acceptors (Lipinski definition) is 2. The van der Waals surface area contributed by atoms with E-state index in [2.05, 4.69) is 31.0 Å². The summed E-state index contributed by atoms with van der Waals surface area (Å²) >= 11 is 3.46. The van der Waals surface area contributed by atoms with Gasteiger partial charge in [0.25, 0.3) is 0 Å². The Morgan fingerprint density at radius 2 is 2.05 bits per heavy atom. The van der Waals surface area contributed by atoms with Crippen LogP contribution in [0.4, 0.5) is 5.69 Å². The van der Waals surface area contributed by atoms with Gasteiger partial charge in [-0.1, -0.05) is 12.1 Å². The zero-order valence-corrected chi connectivity index (χ0v) is 12.4. The Balaban J connectivity index is 2.38. The summed E-state index contributed by atoms with van der Waals surface area (Å²) < 4.78 is 2.63. The summed E-state index contributed by atoms with van der Waals surface area (Å²) in [6, 6.07) is 7.44. The first kappa shape index (κ1) is 14.1. The fraction of sp³-hybridized carbons (Fsp3) is 0.0833. The van der Waals surface area contributed by atoms with Gasteiger partial charge >= 0.3 is 0 Å². The molecular formula is C12H14BrN7. The highest BCUT2D eigenvalue weighted by Gasteiger charge is 2.08. The average Bonchev–Trinajstić information content (AvgIpc) is 2.67. The van der Waals surface area contributed by atoms with E-state index in [0.29, 0.717) is 5.69 Å². The molecule has 0 radical (unpaired) electrons. The molecule has 0 spiro atoms. The Bertz CT molecular complexity index is 683. The third kappa shape index (κ3) is 3.35. The Labute approximate surface area is 124 Å². The molecule has 2 rings (SSSR count). The van der Waals surface area contributed by atoms with Gasteiger partial charge in [0, 0.05) is 18.8 Å². The molecule has 104 valence electrons. The molecule has 0 aliphatic rings. The molecule has 1 heterocycles. The van der Waals surface area contributed by atoms with Crippen LogP contribution in [0.3, 0.4) is 0 Å². The van der Waals surface area contributed by atoms with Crippen LogP contribution in [0.2, 0.25) is 0 Å². The second kappa shape index (κ2) is 5.74. The number of nitrogens with two attached hydrogens (primary N) is 3. The lowest BCUT2D eigenvalue weighted by molar-refractivity contribution is 0.770. The number of rotatable bonds is 2. The van der Waals surface area contributed by atoms with Gasteiger partial charge in [-0.25, -0.2) is 4.99 Å². The molecule has 20 heavy (non-hydrogen) atoms. The monoisotopic (exact) mass is 335 g/mol. The van der Waals surface area contributed by atoms with Gasteiger partial charge in [-0.05, 0) is 28.1 Å². The van der Waals surface area contributed by atoms with Gasteiger partial charge in [-0.3, -0.25) is 4.68 Å². The highest BCUT2D eigenvalue weighted by molar-refractivity contribution is 9.10. The molecule has 0 saturated carbocycles. The van der Waals surface area contributed by atoms with Gasteiger partial charge in [-0.15, -0.1) is 0 Å². The first-order chi connectivity index (χ1) is 9.45. The molecule has 0 atom stereocenters. The van der Waals surface area contributed by atoms with E-state index in [-0.39, 0.29) is 11.9 Å². The number of nitrogens with zero attached hydrogens (tertiary/aromatic N) is 4. The van der Waals surface area contributed by atoms with Crippen molar-refractivity contribution in [2.45, 2.75) is 0 Å². The van der Waals surface area contributed by atoms with Crippen LogP contribution >= 0.6 is 15.9 Å². The molecule has 2 aromatic rings. The number of aryl methyl sites for hydroxylation is 1. The van der Waals surface area contributed by atoms with Crippen molar-refractivity contribution in [1.29, 1.82) is 0 Å². The second-order valence-electron chi connectivity index (χ2n) is 4.06. The number of halogens is 1. The zero-order chi connectivity index (χ0) is 14.7. The van der Waals surface area contributed by atoms with E-state index in [9.17, 15) is 0 Å². The second-order valence-corrected chi connectivity index (χ2v) is 4.91. The minimum atomic E-state index is -0.130. The van der Waals surface area contributed by atoms with Crippen molar-refractivity contribution in [3.63, 3.8) is 0 Å². The lowest BCUT2D eigenvalue weighted by Gasteiger charge is -2.00. The fourth-order valence-electron chi connectivity index (χ4n) is 1.67. The first-order valence-electron chi connectivity index (χ1n) is 5.69. The van der Waals surface area contributed by atoms with Crippen molar-refractivity contribution in [1.82, 2.24) is 9.78 Å².